The van der Waals surface area contributed by atoms with E-state index >= 15 is 0 Å². The molecule has 3 rings (SSSR count). The van der Waals surface area contributed by atoms with E-state index in [1.807, 2.05) is 19.1 Å². The van der Waals surface area contributed by atoms with Crippen molar-refractivity contribution >= 4 is 28.9 Å². The van der Waals surface area contributed by atoms with Crippen molar-refractivity contribution in [2.75, 3.05) is 5.75 Å². The Balaban J connectivity index is 0.00000225. The molecule has 0 amide bonds. The van der Waals surface area contributed by atoms with Crippen LogP contribution in [0.2, 0.25) is 0 Å². The minimum Gasteiger partial charge on any atom is -0.388 e. The van der Waals surface area contributed by atoms with Gasteiger partial charge in [0.15, 0.2) is 0 Å². The average Bonchev–Trinajstić information content (AvgIpc) is 3.24. The van der Waals surface area contributed by atoms with Gasteiger partial charge in [-0.3, -0.25) is 9.78 Å². The molecular weight excluding hydrogens is 429 g/mol. The molecule has 4 nitrogen and oxygen atoms in total. The number of aliphatic hydroxyl groups is 1. The fourth-order valence-electron chi connectivity index (χ4n) is 3.21. The first kappa shape index (κ1) is 21.2. The standard InChI is InChI=1S/C18H21N2O2S2.Y/c1-2-15(21)13-3-5-14(20-11-13)17-12(4-6-16(17)22)7-9-23-18-19-8-10-24-18;/h3,5,8,11-12,15,17,21H,2,4,6-7,9H2,1H3;/q-1;. The third kappa shape index (κ3) is 5.42. The molecule has 0 saturated heterocycles. The van der Waals surface area contributed by atoms with Gasteiger partial charge >= 0.3 is 0 Å². The monoisotopic (exact) mass is 450 g/mol. The second kappa shape index (κ2) is 10.3. The molecule has 1 aliphatic carbocycles. The molecule has 1 radical (unpaired) electrons. The van der Waals surface area contributed by atoms with Crippen LogP contribution in [0.15, 0.2) is 28.9 Å². The van der Waals surface area contributed by atoms with Crippen LogP contribution in [0, 0.1) is 11.3 Å². The van der Waals surface area contributed by atoms with Gasteiger partial charge < -0.3 is 21.4 Å². The SMILES string of the molecule is CCC(O)c1ccc(C2C(=O)CCC2CCSc2nc[c-]s2)nc1.[Y]. The Morgan fingerprint density at radius 1 is 1.44 bits per heavy atom. The van der Waals surface area contributed by atoms with Crippen LogP contribution >= 0.6 is 23.1 Å². The molecule has 1 N–H and O–H groups in total. The van der Waals surface area contributed by atoms with Crippen molar-refractivity contribution in [1.29, 1.82) is 0 Å². The van der Waals surface area contributed by atoms with Gasteiger partial charge in [-0.25, -0.2) is 0 Å². The Morgan fingerprint density at radius 2 is 2.28 bits per heavy atom. The number of Topliss-reactive ketones (excluding diaryl/α,β-unsaturated/α-hetero) is 1. The van der Waals surface area contributed by atoms with Crippen LogP contribution in [-0.4, -0.2) is 26.6 Å². The number of aromatic nitrogens is 2. The summed E-state index contributed by atoms with van der Waals surface area (Å²) in [6.07, 6.45) is 6.17. The minimum absolute atomic E-state index is 0. The fourth-order valence-corrected chi connectivity index (χ4v) is 4.87. The number of carbonyl (C=O) groups excluding carboxylic acids is 1. The molecule has 0 bridgehead atoms. The van der Waals surface area contributed by atoms with Crippen LogP contribution in [0.25, 0.3) is 0 Å². The summed E-state index contributed by atoms with van der Waals surface area (Å²) in [5, 5.41) is 12.9. The van der Waals surface area contributed by atoms with Crippen LogP contribution in [0.3, 0.4) is 0 Å². The summed E-state index contributed by atoms with van der Waals surface area (Å²) in [6, 6.07) is 3.82. The van der Waals surface area contributed by atoms with E-state index in [0.29, 0.717) is 24.5 Å². The summed E-state index contributed by atoms with van der Waals surface area (Å²) in [4.78, 5) is 21.1. The molecule has 2 aromatic heterocycles. The van der Waals surface area contributed by atoms with E-state index in [-0.39, 0.29) is 38.6 Å². The maximum Gasteiger partial charge on any atom is 0.142 e. The van der Waals surface area contributed by atoms with Crippen molar-refractivity contribution in [2.45, 2.75) is 49.0 Å². The van der Waals surface area contributed by atoms with E-state index in [1.54, 1.807) is 24.2 Å². The molecule has 0 spiro atoms. The van der Waals surface area contributed by atoms with Crippen molar-refractivity contribution in [1.82, 2.24) is 9.97 Å². The number of ketones is 1. The van der Waals surface area contributed by atoms with Gasteiger partial charge in [0.2, 0.25) is 0 Å². The van der Waals surface area contributed by atoms with Crippen LogP contribution < -0.4 is 0 Å². The number of aliphatic hydroxyl groups excluding tert-OH is 1. The molecule has 3 unspecified atom stereocenters. The van der Waals surface area contributed by atoms with Gasteiger partial charge in [-0.2, -0.15) is 17.1 Å². The van der Waals surface area contributed by atoms with E-state index in [4.69, 9.17) is 0 Å². The van der Waals surface area contributed by atoms with E-state index < -0.39 is 6.10 Å². The maximum absolute atomic E-state index is 12.3. The van der Waals surface area contributed by atoms with Gasteiger partial charge in [0.1, 0.15) is 5.78 Å². The van der Waals surface area contributed by atoms with Gasteiger partial charge in [-0.15, -0.1) is 0 Å². The Hall–Kier alpha value is -0.136. The summed E-state index contributed by atoms with van der Waals surface area (Å²) >= 11 is 3.27. The zero-order chi connectivity index (χ0) is 16.9. The minimum atomic E-state index is -0.479. The molecule has 2 heterocycles. The zero-order valence-electron chi connectivity index (χ0n) is 14.2. The molecule has 1 fully saturated rings. The second-order valence-corrected chi connectivity index (χ2v) is 8.23. The number of hydrogen-bond donors (Lipinski definition) is 1. The quantitative estimate of drug-likeness (QED) is 0.510. The fraction of sp³-hybridized carbons (Fsp3) is 0.500. The summed E-state index contributed by atoms with van der Waals surface area (Å²) in [5.74, 6) is 1.51. The molecule has 2 aromatic rings. The van der Waals surface area contributed by atoms with E-state index in [0.717, 1.165) is 34.2 Å². The summed E-state index contributed by atoms with van der Waals surface area (Å²) in [5.41, 5.74) is 1.67. The molecule has 131 valence electrons. The molecule has 25 heavy (non-hydrogen) atoms. The van der Waals surface area contributed by atoms with Gasteiger partial charge in [0.05, 0.1) is 17.7 Å². The first-order chi connectivity index (χ1) is 11.7. The Bertz CT molecular complexity index is 664. The average molecular weight is 450 g/mol. The Kier molecular flexibility index (Phi) is 8.69. The van der Waals surface area contributed by atoms with Crippen molar-refractivity contribution < 1.29 is 42.6 Å². The van der Waals surface area contributed by atoms with Crippen molar-refractivity contribution in [3.63, 3.8) is 0 Å². The largest absolute Gasteiger partial charge is 0.388 e. The zero-order valence-corrected chi connectivity index (χ0v) is 18.7. The predicted molar refractivity (Wildman–Crippen MR) is 96.3 cm³/mol. The van der Waals surface area contributed by atoms with Crippen molar-refractivity contribution in [3.05, 3.63) is 41.2 Å². The second-order valence-electron chi connectivity index (χ2n) is 6.06. The predicted octanol–water partition coefficient (Wildman–Crippen LogP) is 4.02. The summed E-state index contributed by atoms with van der Waals surface area (Å²) in [6.45, 7) is 1.94. The van der Waals surface area contributed by atoms with Crippen LogP contribution in [0.5, 0.6) is 0 Å². The number of rotatable bonds is 7. The maximum atomic E-state index is 12.3. The molecule has 1 aliphatic rings. The number of thiazole rings is 1. The Labute approximate surface area is 182 Å². The van der Waals surface area contributed by atoms with E-state index in [1.165, 1.54) is 11.3 Å². The molecule has 3 atom stereocenters. The van der Waals surface area contributed by atoms with Gasteiger partial charge in [-0.1, -0.05) is 19.2 Å². The normalized spacial score (nSPS) is 21.1. The van der Waals surface area contributed by atoms with Crippen LogP contribution in [-0.2, 0) is 37.5 Å². The molecule has 0 aromatic carbocycles. The first-order valence-corrected chi connectivity index (χ1v) is 10.1. The summed E-state index contributed by atoms with van der Waals surface area (Å²) in [7, 11) is 0. The van der Waals surface area contributed by atoms with Crippen LogP contribution in [0.4, 0.5) is 0 Å². The van der Waals surface area contributed by atoms with Crippen molar-refractivity contribution in [3.8, 4) is 0 Å². The van der Waals surface area contributed by atoms with Gasteiger partial charge in [-0.05, 0) is 46.9 Å². The molecular formula is C18H21N2O2S2Y-. The Morgan fingerprint density at radius 3 is 2.92 bits per heavy atom. The van der Waals surface area contributed by atoms with E-state index in [9.17, 15) is 9.90 Å². The number of pyridine rings is 1. The number of carbonyl (C=O) groups is 1. The van der Waals surface area contributed by atoms with Crippen LogP contribution in [0.1, 0.15) is 55.9 Å². The topological polar surface area (TPSA) is 63.1 Å². The third-order valence-corrected chi connectivity index (χ3v) is 6.46. The van der Waals surface area contributed by atoms with E-state index in [2.05, 4.69) is 15.3 Å². The first-order valence-electron chi connectivity index (χ1n) is 8.30. The number of nitrogens with zero attached hydrogens (tertiary/aromatic N) is 2. The molecule has 7 heteroatoms. The molecule has 1 saturated carbocycles. The molecule has 0 aliphatic heterocycles. The smallest absolute Gasteiger partial charge is 0.142 e. The number of hydrogen-bond acceptors (Lipinski definition) is 6. The van der Waals surface area contributed by atoms with Crippen molar-refractivity contribution in [2.24, 2.45) is 5.92 Å². The third-order valence-electron chi connectivity index (χ3n) is 4.56. The van der Waals surface area contributed by atoms with Gasteiger partial charge in [0.25, 0.3) is 0 Å². The summed E-state index contributed by atoms with van der Waals surface area (Å²) < 4.78 is 1.03. The number of thioether (sulfide) groups is 1. The van der Waals surface area contributed by atoms with Gasteiger partial charge in [0, 0.05) is 45.3 Å².